The van der Waals surface area contributed by atoms with Gasteiger partial charge in [-0.05, 0) is 49.3 Å². The van der Waals surface area contributed by atoms with E-state index in [-0.39, 0.29) is 0 Å². The van der Waals surface area contributed by atoms with Crippen molar-refractivity contribution >= 4 is 27.6 Å². The van der Waals surface area contributed by atoms with Gasteiger partial charge in [-0.25, -0.2) is 4.98 Å². The second-order valence-electron chi connectivity index (χ2n) is 16.1. The summed E-state index contributed by atoms with van der Waals surface area (Å²) in [7, 11) is -2.41. The van der Waals surface area contributed by atoms with E-state index in [1.165, 1.54) is 37.8 Å². The van der Waals surface area contributed by atoms with Gasteiger partial charge >= 0.3 is 0 Å². The topological polar surface area (TPSA) is 64.8 Å². The summed E-state index contributed by atoms with van der Waals surface area (Å²) in [6.45, 7) is 16.9. The number of pyridine rings is 1. The Kier molecular flexibility index (Phi) is 10.1. The lowest BCUT2D eigenvalue weighted by atomic mass is 9.79. The van der Waals surface area contributed by atoms with Gasteiger partial charge in [0.05, 0.1) is 11.9 Å². The molecule has 2 atom stereocenters. The summed E-state index contributed by atoms with van der Waals surface area (Å²) in [5.74, 6) is 3.13. The van der Waals surface area contributed by atoms with Crippen LogP contribution < -0.4 is 4.90 Å². The van der Waals surface area contributed by atoms with Crippen molar-refractivity contribution in [3.8, 4) is 22.4 Å². The lowest BCUT2D eigenvalue weighted by Crippen LogP contribution is -2.33. The Labute approximate surface area is 277 Å². The maximum absolute atomic E-state index is 6.37. The van der Waals surface area contributed by atoms with E-state index in [4.69, 9.17) is 24.5 Å². The fourth-order valence-corrected chi connectivity index (χ4v) is 8.47. The molecule has 2 saturated carbocycles. The van der Waals surface area contributed by atoms with Crippen LogP contribution in [0, 0.1) is 11.8 Å². The molecule has 4 aromatic rings. The van der Waals surface area contributed by atoms with Crippen molar-refractivity contribution in [1.29, 1.82) is 0 Å². The van der Waals surface area contributed by atoms with Gasteiger partial charge in [-0.2, -0.15) is 9.61 Å². The molecule has 0 spiro atoms. The molecule has 0 aliphatic heterocycles. The van der Waals surface area contributed by atoms with Crippen LogP contribution in [-0.4, -0.2) is 62.4 Å². The molecule has 3 heterocycles. The third kappa shape index (κ3) is 8.34. The second kappa shape index (κ2) is 14.1. The first-order valence-corrected chi connectivity index (χ1v) is 24.7. The Bertz CT molecular complexity index is 1550. The Hall–Kier alpha value is -2.86. The van der Waals surface area contributed by atoms with Crippen LogP contribution in [0.5, 0.6) is 0 Å². The summed E-state index contributed by atoms with van der Waals surface area (Å²) in [6.07, 6.45) is 10.5. The molecule has 2 aliphatic rings. The number of aromatic nitrogens is 4. The lowest BCUT2D eigenvalue weighted by molar-refractivity contribution is 0.0942. The molecule has 1 aromatic carbocycles. The summed E-state index contributed by atoms with van der Waals surface area (Å²) in [5.41, 5.74) is 6.18. The van der Waals surface area contributed by atoms with E-state index in [0.717, 1.165) is 71.0 Å². The largest absolute Gasteiger partial charge is 0.361 e. The van der Waals surface area contributed by atoms with Gasteiger partial charge in [0.1, 0.15) is 19.3 Å². The third-order valence-electron chi connectivity index (χ3n) is 9.73. The van der Waals surface area contributed by atoms with E-state index in [0.29, 0.717) is 19.4 Å². The molecule has 2 aliphatic carbocycles. The fourth-order valence-electron chi connectivity index (χ4n) is 6.96. The van der Waals surface area contributed by atoms with Crippen molar-refractivity contribution in [2.45, 2.75) is 89.4 Å². The monoisotopic (exact) mass is 655 g/mol. The molecule has 3 aromatic heterocycles. The van der Waals surface area contributed by atoms with Crippen molar-refractivity contribution in [3.63, 3.8) is 0 Å². The van der Waals surface area contributed by atoms with E-state index in [1.54, 1.807) is 0 Å². The van der Waals surface area contributed by atoms with Crippen molar-refractivity contribution in [2.75, 3.05) is 31.6 Å². The average molecular weight is 656 g/mol. The van der Waals surface area contributed by atoms with E-state index in [2.05, 4.69) is 86.6 Å². The van der Waals surface area contributed by atoms with Crippen LogP contribution in [-0.2, 0) is 9.47 Å². The summed E-state index contributed by atoms with van der Waals surface area (Å²) in [5, 5.41) is 4.95. The minimum Gasteiger partial charge on any atom is -0.361 e. The highest BCUT2D eigenvalue weighted by molar-refractivity contribution is 6.76. The quantitative estimate of drug-likeness (QED) is 0.0767. The standard InChI is InChI=1S/C37H53N5O2Si2/c1-45(2,3)18-16-43-26-41(27-44-17-19-46(4,5)6)36-23-35(32-21-28-12-13-29(20-28)22-32)40-37-33(25-39-42(36)37)31-14-15-34(38-24-31)30-10-8-7-9-11-30/h7-11,14-15,23-25,28-29,32H,12-13,16-22,26-27H2,1-6H3. The van der Waals surface area contributed by atoms with Crippen LogP contribution in [0.25, 0.3) is 28.0 Å². The zero-order valence-electron chi connectivity index (χ0n) is 28.8. The Morgan fingerprint density at radius 3 is 2.02 bits per heavy atom. The van der Waals surface area contributed by atoms with Crippen molar-refractivity contribution in [1.82, 2.24) is 19.6 Å². The number of nitrogens with zero attached hydrogens (tertiary/aromatic N) is 5. The molecule has 7 nitrogen and oxygen atoms in total. The molecule has 0 amide bonds. The normalized spacial score (nSPS) is 20.0. The summed E-state index contributed by atoms with van der Waals surface area (Å²) in [4.78, 5) is 12.5. The van der Waals surface area contributed by atoms with E-state index < -0.39 is 16.1 Å². The Morgan fingerprint density at radius 1 is 0.783 bits per heavy atom. The van der Waals surface area contributed by atoms with Gasteiger partial charge in [0.2, 0.25) is 0 Å². The minimum atomic E-state index is -1.21. The Morgan fingerprint density at radius 2 is 1.43 bits per heavy atom. The first-order chi connectivity index (χ1) is 22.0. The van der Waals surface area contributed by atoms with Crippen LogP contribution in [0.3, 0.4) is 0 Å². The van der Waals surface area contributed by atoms with Gasteiger partial charge in [-0.3, -0.25) is 4.98 Å². The van der Waals surface area contributed by atoms with Gasteiger partial charge in [-0.1, -0.05) is 88.5 Å². The maximum atomic E-state index is 6.37. The number of fused-ring (bicyclic) bond motifs is 3. The van der Waals surface area contributed by atoms with E-state index in [9.17, 15) is 0 Å². The number of hydrogen-bond donors (Lipinski definition) is 0. The highest BCUT2D eigenvalue weighted by atomic mass is 28.3. The molecule has 0 N–H and O–H groups in total. The SMILES string of the molecule is C[Si](C)(C)CCOCN(COCC[Si](C)(C)C)c1cc(C2CC3CCC(C3)C2)nc2c(-c3ccc(-c4ccccc4)nc3)cnn12. The maximum Gasteiger partial charge on any atom is 0.165 e. The number of ether oxygens (including phenoxy) is 2. The first-order valence-electron chi connectivity index (χ1n) is 17.3. The number of benzene rings is 1. The number of anilines is 1. The van der Waals surface area contributed by atoms with Crippen molar-refractivity contribution in [2.24, 2.45) is 11.8 Å². The third-order valence-corrected chi connectivity index (χ3v) is 13.1. The van der Waals surface area contributed by atoms with Gasteiger partial charge in [-0.15, -0.1) is 0 Å². The molecule has 246 valence electrons. The smallest absolute Gasteiger partial charge is 0.165 e. The molecule has 0 radical (unpaired) electrons. The highest BCUT2D eigenvalue weighted by Crippen LogP contribution is 2.48. The predicted molar refractivity (Wildman–Crippen MR) is 195 cm³/mol. The van der Waals surface area contributed by atoms with Crippen LogP contribution in [0.4, 0.5) is 5.82 Å². The fraction of sp³-hybridized carbons (Fsp3) is 0.541. The van der Waals surface area contributed by atoms with E-state index >= 15 is 0 Å². The summed E-state index contributed by atoms with van der Waals surface area (Å²) in [6, 6.07) is 19.1. The van der Waals surface area contributed by atoms with E-state index in [1.807, 2.05) is 23.0 Å². The lowest BCUT2D eigenvalue weighted by Gasteiger charge is -2.30. The van der Waals surface area contributed by atoms with Gasteiger partial charge in [0.15, 0.2) is 5.65 Å². The average Bonchev–Trinajstić information content (AvgIpc) is 3.61. The molecule has 2 unspecified atom stereocenters. The molecule has 9 heteroatoms. The van der Waals surface area contributed by atoms with Crippen LogP contribution in [0.1, 0.15) is 43.7 Å². The van der Waals surface area contributed by atoms with Crippen LogP contribution in [0.15, 0.2) is 60.9 Å². The molecule has 2 fully saturated rings. The van der Waals surface area contributed by atoms with Gasteiger partial charge in [0.25, 0.3) is 0 Å². The molecule has 46 heavy (non-hydrogen) atoms. The number of rotatable bonds is 14. The molecular weight excluding hydrogens is 603 g/mol. The van der Waals surface area contributed by atoms with Gasteiger partial charge < -0.3 is 14.4 Å². The zero-order chi connectivity index (χ0) is 32.3. The number of hydrogen-bond acceptors (Lipinski definition) is 6. The Balaban J connectivity index is 1.35. The first kappa shape index (κ1) is 33.1. The highest BCUT2D eigenvalue weighted by Gasteiger charge is 2.36. The van der Waals surface area contributed by atoms with Crippen LogP contribution in [0.2, 0.25) is 51.4 Å². The van der Waals surface area contributed by atoms with Crippen LogP contribution >= 0.6 is 0 Å². The molecule has 0 saturated heterocycles. The van der Waals surface area contributed by atoms with Crippen molar-refractivity contribution < 1.29 is 9.47 Å². The second-order valence-corrected chi connectivity index (χ2v) is 27.3. The minimum absolute atomic E-state index is 0.467. The summed E-state index contributed by atoms with van der Waals surface area (Å²) >= 11 is 0. The molecule has 6 rings (SSSR count). The molecular formula is C37H53N5O2Si2. The summed E-state index contributed by atoms with van der Waals surface area (Å²) < 4.78 is 14.7. The van der Waals surface area contributed by atoms with Crippen molar-refractivity contribution in [3.05, 3.63) is 66.6 Å². The van der Waals surface area contributed by atoms with Gasteiger partial charge in [0, 0.05) is 69.9 Å². The molecule has 2 bridgehead atoms. The zero-order valence-corrected chi connectivity index (χ0v) is 30.8. The predicted octanol–water partition coefficient (Wildman–Crippen LogP) is 9.18.